The minimum atomic E-state index is -0.149. The van der Waals surface area contributed by atoms with Gasteiger partial charge in [0.05, 0.1) is 29.9 Å². The third-order valence-corrected chi connectivity index (χ3v) is 7.04. The number of aromatic nitrogens is 3. The van der Waals surface area contributed by atoms with E-state index in [0.717, 1.165) is 39.7 Å². The van der Waals surface area contributed by atoms with Crippen molar-refractivity contribution in [2.45, 2.75) is 32.9 Å². The maximum atomic E-state index is 6.52. The molecule has 0 radical (unpaired) electrons. The van der Waals surface area contributed by atoms with Gasteiger partial charge in [0.2, 0.25) is 0 Å². The van der Waals surface area contributed by atoms with Gasteiger partial charge in [0.25, 0.3) is 0 Å². The van der Waals surface area contributed by atoms with Gasteiger partial charge in [-0.2, -0.15) is 0 Å². The molecule has 1 N–H and O–H groups in total. The predicted octanol–water partition coefficient (Wildman–Crippen LogP) is 6.03. The summed E-state index contributed by atoms with van der Waals surface area (Å²) in [4.78, 5) is 11.4. The lowest BCUT2D eigenvalue weighted by atomic mass is 9.96. The van der Waals surface area contributed by atoms with Gasteiger partial charge < -0.3 is 19.5 Å². The summed E-state index contributed by atoms with van der Waals surface area (Å²) in [6.45, 7) is 6.31. The Bertz CT molecular complexity index is 1400. The van der Waals surface area contributed by atoms with Gasteiger partial charge in [-0.05, 0) is 92.6 Å². The molecule has 8 heteroatoms. The second-order valence-corrected chi connectivity index (χ2v) is 9.46. The smallest absolute Gasteiger partial charge is 0.174 e. The van der Waals surface area contributed by atoms with Crippen LogP contribution in [0, 0.1) is 20.8 Å². The van der Waals surface area contributed by atoms with Gasteiger partial charge in [0, 0.05) is 29.5 Å². The number of hydrogen-bond acceptors (Lipinski definition) is 4. The summed E-state index contributed by atoms with van der Waals surface area (Å²) in [5.41, 5.74) is 6.30. The Labute approximate surface area is 215 Å². The quantitative estimate of drug-likeness (QED) is 0.335. The maximum absolute atomic E-state index is 6.52. The fraction of sp³-hybridized carbons (Fsp3) is 0.222. The van der Waals surface area contributed by atoms with Crippen LogP contribution in [0.5, 0.6) is 5.75 Å². The van der Waals surface area contributed by atoms with Gasteiger partial charge in [0.1, 0.15) is 11.6 Å². The molecule has 0 bridgehead atoms. The van der Waals surface area contributed by atoms with Crippen LogP contribution in [0.25, 0.3) is 5.82 Å². The van der Waals surface area contributed by atoms with E-state index < -0.39 is 0 Å². The average molecular weight is 504 g/mol. The van der Waals surface area contributed by atoms with E-state index in [4.69, 9.17) is 28.6 Å². The standard InChI is InChI=1S/C27H26ClN5OS/c1-16-10-12-30-24(13-16)32-17(2)14-20(18(32)3)26-25(22-7-5-6-11-29-22)31-27(35)33(26)19-8-9-23(34-4)21(28)15-19/h5-15,25-26H,1-4H3,(H,31,35). The molecule has 0 saturated carbocycles. The van der Waals surface area contributed by atoms with E-state index in [9.17, 15) is 0 Å². The molecule has 1 fully saturated rings. The van der Waals surface area contributed by atoms with E-state index >= 15 is 0 Å². The lowest BCUT2D eigenvalue weighted by Gasteiger charge is -2.28. The molecule has 2 unspecified atom stereocenters. The molecule has 0 aliphatic carbocycles. The van der Waals surface area contributed by atoms with E-state index in [-0.39, 0.29) is 12.1 Å². The van der Waals surface area contributed by atoms with Crippen LogP contribution < -0.4 is 15.0 Å². The first-order chi connectivity index (χ1) is 16.9. The SMILES string of the molecule is COc1ccc(N2C(=S)NC(c3ccccn3)C2c2cc(C)n(-c3cc(C)ccn3)c2C)cc1Cl. The summed E-state index contributed by atoms with van der Waals surface area (Å²) in [5, 5.41) is 4.66. The normalized spacial score (nSPS) is 17.5. The van der Waals surface area contributed by atoms with Crippen LogP contribution in [0.2, 0.25) is 5.02 Å². The number of hydrogen-bond donors (Lipinski definition) is 1. The van der Waals surface area contributed by atoms with Crippen molar-refractivity contribution in [3.05, 3.63) is 100 Å². The summed E-state index contributed by atoms with van der Waals surface area (Å²) in [7, 11) is 1.61. The van der Waals surface area contributed by atoms with E-state index in [1.54, 1.807) is 7.11 Å². The number of methoxy groups -OCH3 is 1. The molecule has 5 rings (SSSR count). The third kappa shape index (κ3) is 4.15. The predicted molar refractivity (Wildman–Crippen MR) is 144 cm³/mol. The van der Waals surface area contributed by atoms with Crippen LogP contribution in [0.15, 0.2) is 67.0 Å². The lowest BCUT2D eigenvalue weighted by molar-refractivity contribution is 0.415. The molecule has 4 aromatic rings. The largest absolute Gasteiger partial charge is 0.495 e. The molecule has 3 aromatic heterocycles. The van der Waals surface area contributed by atoms with Crippen molar-refractivity contribution in [3.63, 3.8) is 0 Å². The molecule has 1 aromatic carbocycles. The lowest BCUT2D eigenvalue weighted by Crippen LogP contribution is -2.29. The monoisotopic (exact) mass is 503 g/mol. The minimum absolute atomic E-state index is 0.147. The Balaban J connectivity index is 1.68. The molecule has 4 heterocycles. The Morgan fingerprint density at radius 3 is 2.51 bits per heavy atom. The van der Waals surface area contributed by atoms with E-state index in [1.807, 2.05) is 54.9 Å². The van der Waals surface area contributed by atoms with Crippen molar-refractivity contribution >= 4 is 34.6 Å². The molecule has 6 nitrogen and oxygen atoms in total. The molecular formula is C27H26ClN5OS. The van der Waals surface area contributed by atoms with Gasteiger partial charge in [-0.1, -0.05) is 17.7 Å². The van der Waals surface area contributed by atoms with E-state index in [2.05, 4.69) is 57.7 Å². The van der Waals surface area contributed by atoms with Crippen molar-refractivity contribution in [1.82, 2.24) is 19.9 Å². The number of pyridine rings is 2. The van der Waals surface area contributed by atoms with Gasteiger partial charge in [-0.15, -0.1) is 0 Å². The fourth-order valence-electron chi connectivity index (χ4n) is 4.84. The average Bonchev–Trinajstić information content (AvgIpc) is 3.34. The summed E-state index contributed by atoms with van der Waals surface area (Å²) in [5.74, 6) is 1.52. The third-order valence-electron chi connectivity index (χ3n) is 6.43. The molecule has 1 aliphatic heterocycles. The van der Waals surface area contributed by atoms with Crippen molar-refractivity contribution in [2.24, 2.45) is 0 Å². The van der Waals surface area contributed by atoms with Crippen LogP contribution >= 0.6 is 23.8 Å². The minimum Gasteiger partial charge on any atom is -0.495 e. The number of thiocarbonyl (C=S) groups is 1. The van der Waals surface area contributed by atoms with Crippen LogP contribution in [-0.4, -0.2) is 26.8 Å². The maximum Gasteiger partial charge on any atom is 0.174 e. The number of benzene rings is 1. The van der Waals surface area contributed by atoms with Crippen LogP contribution in [0.3, 0.4) is 0 Å². The summed E-state index contributed by atoms with van der Waals surface area (Å²) in [6.07, 6.45) is 3.65. The highest BCUT2D eigenvalue weighted by atomic mass is 35.5. The number of ether oxygens (including phenoxy) is 1. The summed E-state index contributed by atoms with van der Waals surface area (Å²) < 4.78 is 7.56. The Hall–Kier alpha value is -3.42. The molecular weight excluding hydrogens is 478 g/mol. The van der Waals surface area contributed by atoms with Crippen molar-refractivity contribution in [1.29, 1.82) is 0 Å². The van der Waals surface area contributed by atoms with E-state index in [1.165, 1.54) is 0 Å². The first-order valence-electron chi connectivity index (χ1n) is 11.3. The second kappa shape index (κ2) is 9.32. The topological polar surface area (TPSA) is 55.2 Å². The summed E-state index contributed by atoms with van der Waals surface area (Å²) in [6, 6.07) is 17.7. The first-order valence-corrected chi connectivity index (χ1v) is 12.1. The van der Waals surface area contributed by atoms with Crippen molar-refractivity contribution in [2.75, 3.05) is 12.0 Å². The number of aryl methyl sites for hydroxylation is 2. The molecule has 0 amide bonds. The molecule has 2 atom stereocenters. The molecule has 35 heavy (non-hydrogen) atoms. The molecule has 178 valence electrons. The summed E-state index contributed by atoms with van der Waals surface area (Å²) >= 11 is 12.4. The van der Waals surface area contributed by atoms with E-state index in [0.29, 0.717) is 15.9 Å². The van der Waals surface area contributed by atoms with Crippen LogP contribution in [0.4, 0.5) is 5.69 Å². The number of rotatable bonds is 5. The van der Waals surface area contributed by atoms with Crippen LogP contribution in [0.1, 0.15) is 40.3 Å². The van der Waals surface area contributed by atoms with Gasteiger partial charge >= 0.3 is 0 Å². The van der Waals surface area contributed by atoms with Gasteiger partial charge in [-0.25, -0.2) is 4.98 Å². The fourth-order valence-corrected chi connectivity index (χ4v) is 5.43. The Morgan fingerprint density at radius 2 is 1.83 bits per heavy atom. The Morgan fingerprint density at radius 1 is 1.00 bits per heavy atom. The van der Waals surface area contributed by atoms with Crippen molar-refractivity contribution in [3.8, 4) is 11.6 Å². The highest BCUT2D eigenvalue weighted by Gasteiger charge is 2.42. The highest BCUT2D eigenvalue weighted by molar-refractivity contribution is 7.80. The zero-order valence-corrected chi connectivity index (χ0v) is 21.6. The Kier molecular flexibility index (Phi) is 6.21. The first kappa shape index (κ1) is 23.3. The highest BCUT2D eigenvalue weighted by Crippen LogP contribution is 2.44. The number of nitrogens with one attached hydrogen (secondary N) is 1. The molecule has 0 spiro atoms. The van der Waals surface area contributed by atoms with Crippen molar-refractivity contribution < 1.29 is 4.74 Å². The number of halogens is 1. The zero-order valence-electron chi connectivity index (χ0n) is 20.0. The molecule has 1 saturated heterocycles. The molecule has 1 aliphatic rings. The zero-order chi connectivity index (χ0) is 24.7. The van der Waals surface area contributed by atoms with Gasteiger partial charge in [-0.3, -0.25) is 4.98 Å². The van der Waals surface area contributed by atoms with Gasteiger partial charge in [0.15, 0.2) is 5.11 Å². The second-order valence-electron chi connectivity index (χ2n) is 8.67. The number of anilines is 1. The number of nitrogens with zero attached hydrogens (tertiary/aromatic N) is 4. The van der Waals surface area contributed by atoms with Crippen LogP contribution in [-0.2, 0) is 0 Å².